The minimum absolute atomic E-state index is 0.0782. The fraction of sp³-hybridized carbons (Fsp3) is 0.136. The number of fused-ring (bicyclic) bond motifs is 1. The fourth-order valence-corrected chi connectivity index (χ4v) is 3.36. The molecule has 1 amide bonds. The first-order valence-corrected chi connectivity index (χ1v) is 10.00. The van der Waals surface area contributed by atoms with Crippen LogP contribution in [0.5, 0.6) is 11.5 Å². The molecule has 4 aromatic rings. The molecule has 11 heteroatoms. The number of imidazole rings is 1. The molecule has 2 N–H and O–H groups in total. The van der Waals surface area contributed by atoms with Gasteiger partial charge in [-0.05, 0) is 36.4 Å². The van der Waals surface area contributed by atoms with Crippen molar-refractivity contribution in [3.8, 4) is 11.5 Å². The zero-order chi connectivity index (χ0) is 23.8. The number of hydrogen-bond donors (Lipinski definition) is 2. The number of amides is 1. The van der Waals surface area contributed by atoms with Crippen molar-refractivity contribution in [1.82, 2.24) is 19.9 Å². The second-order valence-corrected chi connectivity index (χ2v) is 7.43. The third kappa shape index (κ3) is 4.70. The largest absolute Gasteiger partial charge is 0.457 e. The lowest BCUT2D eigenvalue weighted by molar-refractivity contribution is -0.137. The number of nitrogens with zero attached hydrogens (tertiary/aromatic N) is 3. The summed E-state index contributed by atoms with van der Waals surface area (Å²) < 4.78 is 46.2. The molecule has 7 nitrogen and oxygen atoms in total. The van der Waals surface area contributed by atoms with Crippen LogP contribution in [0.25, 0.3) is 11.0 Å². The number of pyridine rings is 1. The van der Waals surface area contributed by atoms with E-state index in [2.05, 4.69) is 20.6 Å². The molecule has 0 bridgehead atoms. The molecule has 2 heterocycles. The molecule has 4 rings (SSSR count). The molecule has 0 radical (unpaired) electrons. The average Bonchev–Trinajstić information content (AvgIpc) is 3.08. The highest BCUT2D eigenvalue weighted by Crippen LogP contribution is 2.35. The average molecular weight is 476 g/mol. The molecule has 0 aliphatic heterocycles. The van der Waals surface area contributed by atoms with Gasteiger partial charge >= 0.3 is 6.18 Å². The lowest BCUT2D eigenvalue weighted by Gasteiger charge is -2.11. The zero-order valence-corrected chi connectivity index (χ0v) is 18.1. The van der Waals surface area contributed by atoms with Crippen molar-refractivity contribution in [2.75, 3.05) is 12.4 Å². The summed E-state index contributed by atoms with van der Waals surface area (Å²) in [5.74, 6) is 0.954. The van der Waals surface area contributed by atoms with E-state index < -0.39 is 11.7 Å². The quantitative estimate of drug-likeness (QED) is 0.396. The van der Waals surface area contributed by atoms with Gasteiger partial charge in [0.1, 0.15) is 17.2 Å². The second kappa shape index (κ2) is 8.62. The Kier molecular flexibility index (Phi) is 5.86. The Morgan fingerprint density at radius 1 is 1.09 bits per heavy atom. The van der Waals surface area contributed by atoms with E-state index in [-0.39, 0.29) is 22.3 Å². The van der Waals surface area contributed by atoms with Crippen LogP contribution in [-0.2, 0) is 13.2 Å². The Hall–Kier alpha value is -3.79. The van der Waals surface area contributed by atoms with Gasteiger partial charge in [-0.3, -0.25) is 9.78 Å². The number of alkyl halides is 3. The predicted molar refractivity (Wildman–Crippen MR) is 118 cm³/mol. The number of benzene rings is 2. The van der Waals surface area contributed by atoms with E-state index in [0.29, 0.717) is 23.0 Å². The fourth-order valence-electron chi connectivity index (χ4n) is 3.13. The normalized spacial score (nSPS) is 11.5. The molecule has 2 aromatic carbocycles. The molecular weight excluding hydrogens is 459 g/mol. The Balaban J connectivity index is 1.59. The molecule has 170 valence electrons. The van der Waals surface area contributed by atoms with E-state index in [1.165, 1.54) is 25.4 Å². The number of anilines is 2. The topological polar surface area (TPSA) is 81.1 Å². The van der Waals surface area contributed by atoms with Gasteiger partial charge in [-0.1, -0.05) is 11.6 Å². The maximum Gasteiger partial charge on any atom is 0.416 e. The van der Waals surface area contributed by atoms with E-state index in [0.717, 1.165) is 17.6 Å². The Bertz CT molecular complexity index is 1350. The van der Waals surface area contributed by atoms with E-state index >= 15 is 0 Å². The van der Waals surface area contributed by atoms with E-state index in [9.17, 15) is 18.0 Å². The summed E-state index contributed by atoms with van der Waals surface area (Å²) in [7, 11) is 3.27. The number of halogens is 4. The third-order valence-corrected chi connectivity index (χ3v) is 5.13. The van der Waals surface area contributed by atoms with Gasteiger partial charge in [0.2, 0.25) is 5.95 Å². The first-order valence-electron chi connectivity index (χ1n) is 9.62. The lowest BCUT2D eigenvalue weighted by Crippen LogP contribution is -2.18. The summed E-state index contributed by atoms with van der Waals surface area (Å²) in [6.45, 7) is 0. The number of nitrogens with one attached hydrogen (secondary N) is 2. The number of rotatable bonds is 5. The van der Waals surface area contributed by atoms with Crippen molar-refractivity contribution in [2.45, 2.75) is 6.18 Å². The van der Waals surface area contributed by atoms with Crippen LogP contribution in [0.1, 0.15) is 16.1 Å². The van der Waals surface area contributed by atoms with Gasteiger partial charge in [0, 0.05) is 32.4 Å². The van der Waals surface area contributed by atoms with Crippen LogP contribution in [0.4, 0.5) is 24.8 Å². The van der Waals surface area contributed by atoms with Crippen molar-refractivity contribution in [3.05, 3.63) is 71.0 Å². The number of ether oxygens (including phenoxy) is 1. The minimum Gasteiger partial charge on any atom is -0.457 e. The Morgan fingerprint density at radius 3 is 2.55 bits per heavy atom. The highest BCUT2D eigenvalue weighted by molar-refractivity contribution is 6.33. The number of hydrogen-bond acceptors (Lipinski definition) is 5. The summed E-state index contributed by atoms with van der Waals surface area (Å²) >= 11 is 6.04. The molecule has 2 aromatic heterocycles. The molecule has 0 spiro atoms. The van der Waals surface area contributed by atoms with Crippen molar-refractivity contribution < 1.29 is 22.7 Å². The SMILES string of the molecule is CNC(=O)c1cc(Oc2ccc3c(c2)nc(Nc2ccc(C(F)(F)F)cc2Cl)n3C)ccn1. The van der Waals surface area contributed by atoms with Crippen LogP contribution in [0.3, 0.4) is 0 Å². The Labute approximate surface area is 191 Å². The van der Waals surface area contributed by atoms with Crippen LogP contribution >= 0.6 is 11.6 Å². The van der Waals surface area contributed by atoms with Crippen LogP contribution in [0, 0.1) is 0 Å². The lowest BCUT2D eigenvalue weighted by atomic mass is 10.2. The monoisotopic (exact) mass is 475 g/mol. The van der Waals surface area contributed by atoms with Crippen molar-refractivity contribution >= 4 is 40.2 Å². The van der Waals surface area contributed by atoms with Crippen molar-refractivity contribution in [1.29, 1.82) is 0 Å². The second-order valence-electron chi connectivity index (χ2n) is 7.02. The van der Waals surface area contributed by atoms with E-state index in [1.807, 2.05) is 0 Å². The highest BCUT2D eigenvalue weighted by atomic mass is 35.5. The maximum absolute atomic E-state index is 12.9. The molecular formula is C22H17ClF3N5O2. The number of aryl methyl sites for hydroxylation is 1. The maximum atomic E-state index is 12.9. The molecule has 0 saturated heterocycles. The van der Waals surface area contributed by atoms with Crippen LogP contribution in [-0.4, -0.2) is 27.5 Å². The van der Waals surface area contributed by atoms with Gasteiger partial charge in [0.05, 0.1) is 27.3 Å². The van der Waals surface area contributed by atoms with Crippen LogP contribution < -0.4 is 15.4 Å². The van der Waals surface area contributed by atoms with Crippen molar-refractivity contribution in [3.63, 3.8) is 0 Å². The van der Waals surface area contributed by atoms with Crippen LogP contribution in [0.15, 0.2) is 54.7 Å². The van der Waals surface area contributed by atoms with E-state index in [1.54, 1.807) is 35.9 Å². The number of aromatic nitrogens is 3. The van der Waals surface area contributed by atoms with E-state index in [4.69, 9.17) is 16.3 Å². The molecule has 0 aliphatic carbocycles. The first kappa shape index (κ1) is 22.4. The predicted octanol–water partition coefficient (Wildman–Crippen LogP) is 5.54. The van der Waals surface area contributed by atoms with Gasteiger partial charge in [-0.25, -0.2) is 4.98 Å². The summed E-state index contributed by atoms with van der Waals surface area (Å²) in [5, 5.41) is 5.38. The first-order chi connectivity index (χ1) is 15.7. The van der Waals surface area contributed by atoms with Gasteiger partial charge in [-0.2, -0.15) is 13.2 Å². The van der Waals surface area contributed by atoms with Crippen molar-refractivity contribution in [2.24, 2.45) is 7.05 Å². The molecule has 0 unspecified atom stereocenters. The summed E-state index contributed by atoms with van der Waals surface area (Å²) in [4.78, 5) is 20.2. The smallest absolute Gasteiger partial charge is 0.416 e. The summed E-state index contributed by atoms with van der Waals surface area (Å²) in [6, 6.07) is 11.4. The highest BCUT2D eigenvalue weighted by Gasteiger charge is 2.31. The van der Waals surface area contributed by atoms with Gasteiger partial charge in [0.15, 0.2) is 0 Å². The zero-order valence-electron chi connectivity index (χ0n) is 17.4. The van der Waals surface area contributed by atoms with Gasteiger partial charge in [0.25, 0.3) is 5.91 Å². The number of carbonyl (C=O) groups excluding carboxylic acids is 1. The molecule has 0 aliphatic rings. The Morgan fingerprint density at radius 2 is 1.85 bits per heavy atom. The number of carbonyl (C=O) groups is 1. The molecule has 0 saturated carbocycles. The van der Waals surface area contributed by atoms with Gasteiger partial charge < -0.3 is 19.9 Å². The summed E-state index contributed by atoms with van der Waals surface area (Å²) in [5.41, 5.74) is 1.02. The molecule has 33 heavy (non-hydrogen) atoms. The standard InChI is InChI=1S/C22H17ClF3N5O2/c1-27-20(32)18-11-14(7-8-28-18)33-13-4-6-19-17(10-13)30-21(31(19)2)29-16-5-3-12(9-15(16)23)22(24,25)26/h3-11H,1-2H3,(H,27,32)(H,29,30). The minimum atomic E-state index is -4.48. The molecule has 0 fully saturated rings. The van der Waals surface area contributed by atoms with Crippen LogP contribution in [0.2, 0.25) is 5.02 Å². The molecule has 0 atom stereocenters. The van der Waals surface area contributed by atoms with Gasteiger partial charge in [-0.15, -0.1) is 0 Å². The third-order valence-electron chi connectivity index (χ3n) is 4.82. The summed E-state index contributed by atoms with van der Waals surface area (Å²) in [6.07, 6.45) is -3.01.